The van der Waals surface area contributed by atoms with Crippen LogP contribution in [0.2, 0.25) is 0 Å². The zero-order valence-corrected chi connectivity index (χ0v) is 14.3. The molecular weight excluding hydrogens is 328 g/mol. The van der Waals surface area contributed by atoms with Gasteiger partial charge in [-0.15, -0.1) is 0 Å². The second-order valence-electron chi connectivity index (χ2n) is 4.94. The molecule has 0 saturated heterocycles. The van der Waals surface area contributed by atoms with Crippen LogP contribution >= 0.6 is 15.9 Å². The summed E-state index contributed by atoms with van der Waals surface area (Å²) in [6, 6.07) is 6.23. The summed E-state index contributed by atoms with van der Waals surface area (Å²) in [4.78, 5) is 8.78. The van der Waals surface area contributed by atoms with Gasteiger partial charge in [-0.2, -0.15) is 0 Å². The first-order valence-electron chi connectivity index (χ1n) is 7.26. The van der Waals surface area contributed by atoms with Crippen molar-refractivity contribution in [1.29, 1.82) is 0 Å². The van der Waals surface area contributed by atoms with Gasteiger partial charge in [0.2, 0.25) is 0 Å². The second kappa shape index (κ2) is 7.41. The average molecular weight is 349 g/mol. The molecule has 0 bridgehead atoms. The number of benzene rings is 1. The predicted molar refractivity (Wildman–Crippen MR) is 92.4 cm³/mol. The third-order valence-electron chi connectivity index (χ3n) is 3.16. The highest BCUT2D eigenvalue weighted by Gasteiger charge is 2.11. The maximum Gasteiger partial charge on any atom is 0.139 e. The van der Waals surface area contributed by atoms with Crippen LogP contribution in [-0.2, 0) is 6.42 Å². The third-order valence-corrected chi connectivity index (χ3v) is 3.86. The van der Waals surface area contributed by atoms with Gasteiger partial charge >= 0.3 is 0 Å². The Morgan fingerprint density at radius 1 is 1.14 bits per heavy atom. The number of halogens is 1. The van der Waals surface area contributed by atoms with Crippen LogP contribution in [0.15, 0.2) is 29.0 Å². The first kappa shape index (κ1) is 15.8. The molecule has 0 fully saturated rings. The van der Waals surface area contributed by atoms with Gasteiger partial charge in [0.05, 0.1) is 5.69 Å². The van der Waals surface area contributed by atoms with Crippen LogP contribution in [0.4, 0.5) is 17.3 Å². The Morgan fingerprint density at radius 2 is 1.90 bits per heavy atom. The number of aryl methyl sites for hydroxylation is 1. The lowest BCUT2D eigenvalue weighted by Gasteiger charge is -2.15. The molecule has 2 rings (SSSR count). The third kappa shape index (κ3) is 3.94. The molecule has 21 heavy (non-hydrogen) atoms. The minimum Gasteiger partial charge on any atom is -0.370 e. The van der Waals surface area contributed by atoms with E-state index in [0.29, 0.717) is 0 Å². The summed E-state index contributed by atoms with van der Waals surface area (Å²) < 4.78 is 1.03. The largest absolute Gasteiger partial charge is 0.370 e. The molecule has 112 valence electrons. The topological polar surface area (TPSA) is 49.8 Å². The van der Waals surface area contributed by atoms with Crippen LogP contribution in [0.1, 0.15) is 31.4 Å². The summed E-state index contributed by atoms with van der Waals surface area (Å²) in [5.74, 6) is 1.79. The first-order chi connectivity index (χ1) is 10.2. The van der Waals surface area contributed by atoms with Crippen molar-refractivity contribution in [3.63, 3.8) is 0 Å². The monoisotopic (exact) mass is 348 g/mol. The fourth-order valence-electron chi connectivity index (χ4n) is 2.19. The number of rotatable bonds is 6. The Balaban J connectivity index is 2.38. The summed E-state index contributed by atoms with van der Waals surface area (Å²) >= 11 is 3.58. The summed E-state index contributed by atoms with van der Waals surface area (Å²) in [6.45, 7) is 7.16. The minimum absolute atomic E-state index is 0.849. The lowest BCUT2D eigenvalue weighted by Crippen LogP contribution is -2.08. The van der Waals surface area contributed by atoms with E-state index in [0.717, 1.165) is 46.7 Å². The molecule has 0 saturated carbocycles. The van der Waals surface area contributed by atoms with Crippen molar-refractivity contribution in [2.45, 2.75) is 33.6 Å². The van der Waals surface area contributed by atoms with Crippen LogP contribution in [-0.4, -0.2) is 16.5 Å². The fourth-order valence-corrected chi connectivity index (χ4v) is 2.53. The Hall–Kier alpha value is -1.62. The zero-order valence-electron chi connectivity index (χ0n) is 12.7. The van der Waals surface area contributed by atoms with E-state index in [4.69, 9.17) is 0 Å². The maximum absolute atomic E-state index is 4.42. The average Bonchev–Trinajstić information content (AvgIpc) is 2.46. The lowest BCUT2D eigenvalue weighted by molar-refractivity contribution is 0.902. The summed E-state index contributed by atoms with van der Waals surface area (Å²) in [5.41, 5.74) is 3.36. The smallest absolute Gasteiger partial charge is 0.139 e. The standard InChI is InChI=1S/C16H21BrN4/c1-4-6-12-15(18-5-2)19-10-20-16(12)21-14-9-11(3)7-8-13(14)17/h7-10H,4-6H2,1-3H3,(H2,18,19,20,21). The molecule has 0 spiro atoms. The van der Waals surface area contributed by atoms with Gasteiger partial charge in [0.25, 0.3) is 0 Å². The van der Waals surface area contributed by atoms with Crippen LogP contribution in [0.25, 0.3) is 0 Å². The van der Waals surface area contributed by atoms with Crippen molar-refractivity contribution < 1.29 is 0 Å². The van der Waals surface area contributed by atoms with Gasteiger partial charge in [-0.1, -0.05) is 19.4 Å². The molecular formula is C16H21BrN4. The number of hydrogen-bond donors (Lipinski definition) is 2. The minimum atomic E-state index is 0.849. The van der Waals surface area contributed by atoms with E-state index in [-0.39, 0.29) is 0 Å². The maximum atomic E-state index is 4.42. The van der Waals surface area contributed by atoms with Crippen LogP contribution in [0.3, 0.4) is 0 Å². The molecule has 0 unspecified atom stereocenters. The number of aromatic nitrogens is 2. The van der Waals surface area contributed by atoms with E-state index in [1.165, 1.54) is 5.56 Å². The number of nitrogens with one attached hydrogen (secondary N) is 2. The van der Waals surface area contributed by atoms with Gasteiger partial charge in [0.15, 0.2) is 0 Å². The molecule has 5 heteroatoms. The molecule has 0 atom stereocenters. The van der Waals surface area contributed by atoms with E-state index < -0.39 is 0 Å². The highest BCUT2D eigenvalue weighted by Crippen LogP contribution is 2.29. The van der Waals surface area contributed by atoms with Crippen LogP contribution in [0.5, 0.6) is 0 Å². The molecule has 4 nitrogen and oxygen atoms in total. The SMILES string of the molecule is CCCc1c(NCC)ncnc1Nc1cc(C)ccc1Br. The van der Waals surface area contributed by atoms with E-state index in [1.54, 1.807) is 6.33 Å². The Labute approximate surface area is 134 Å². The first-order valence-corrected chi connectivity index (χ1v) is 8.05. The van der Waals surface area contributed by atoms with Gasteiger partial charge in [-0.3, -0.25) is 0 Å². The van der Waals surface area contributed by atoms with Crippen molar-refractivity contribution >= 4 is 33.3 Å². The molecule has 1 aromatic carbocycles. The molecule has 0 aliphatic heterocycles. The van der Waals surface area contributed by atoms with Crippen molar-refractivity contribution in [2.75, 3.05) is 17.2 Å². The highest BCUT2D eigenvalue weighted by molar-refractivity contribution is 9.10. The van der Waals surface area contributed by atoms with Crippen molar-refractivity contribution in [3.8, 4) is 0 Å². The molecule has 2 N–H and O–H groups in total. The molecule has 1 heterocycles. The summed E-state index contributed by atoms with van der Waals surface area (Å²) in [5, 5.41) is 6.74. The lowest BCUT2D eigenvalue weighted by atomic mass is 10.1. The van der Waals surface area contributed by atoms with Crippen molar-refractivity contribution in [1.82, 2.24) is 9.97 Å². The Morgan fingerprint density at radius 3 is 2.62 bits per heavy atom. The number of anilines is 3. The van der Waals surface area contributed by atoms with Crippen LogP contribution < -0.4 is 10.6 Å². The quantitative estimate of drug-likeness (QED) is 0.795. The number of hydrogen-bond acceptors (Lipinski definition) is 4. The summed E-state index contributed by atoms with van der Waals surface area (Å²) in [6.07, 6.45) is 3.59. The van der Waals surface area contributed by atoms with E-state index in [9.17, 15) is 0 Å². The Bertz CT molecular complexity index is 613. The van der Waals surface area contributed by atoms with E-state index >= 15 is 0 Å². The van der Waals surface area contributed by atoms with Gasteiger partial charge in [-0.25, -0.2) is 9.97 Å². The summed E-state index contributed by atoms with van der Waals surface area (Å²) in [7, 11) is 0. The van der Waals surface area contributed by atoms with E-state index in [1.807, 2.05) is 6.07 Å². The van der Waals surface area contributed by atoms with Gasteiger partial charge < -0.3 is 10.6 Å². The second-order valence-corrected chi connectivity index (χ2v) is 5.79. The van der Waals surface area contributed by atoms with Gasteiger partial charge in [0.1, 0.15) is 18.0 Å². The molecule has 0 radical (unpaired) electrons. The molecule has 1 aromatic heterocycles. The van der Waals surface area contributed by atoms with E-state index in [2.05, 4.69) is 69.4 Å². The molecule has 0 aliphatic rings. The molecule has 2 aromatic rings. The highest BCUT2D eigenvalue weighted by atomic mass is 79.9. The fraction of sp³-hybridized carbons (Fsp3) is 0.375. The Kier molecular flexibility index (Phi) is 5.56. The normalized spacial score (nSPS) is 10.5. The molecule has 0 amide bonds. The predicted octanol–water partition coefficient (Wildman–Crippen LogP) is 4.68. The molecule has 0 aliphatic carbocycles. The number of nitrogens with zero attached hydrogens (tertiary/aromatic N) is 2. The van der Waals surface area contributed by atoms with Crippen molar-refractivity contribution in [3.05, 3.63) is 40.1 Å². The van der Waals surface area contributed by atoms with Crippen molar-refractivity contribution in [2.24, 2.45) is 0 Å². The zero-order chi connectivity index (χ0) is 15.2. The van der Waals surface area contributed by atoms with Gasteiger partial charge in [-0.05, 0) is 53.9 Å². The van der Waals surface area contributed by atoms with Gasteiger partial charge in [0, 0.05) is 16.6 Å². The van der Waals surface area contributed by atoms with Crippen LogP contribution in [0, 0.1) is 6.92 Å².